The standard InChI is InChI=1S/C22H21N5O4S/c1-13-4-6-16(7-5-13)31-11-19-25-15(12-32-19)9-18(28)24-14-8-17-20(23-10-14)26(2)22(30)27(3)21(17)29/h4-8,10,12H,9,11H2,1-3H3,(H,24,28). The van der Waals surface area contributed by atoms with E-state index in [4.69, 9.17) is 4.74 Å². The predicted molar refractivity (Wildman–Crippen MR) is 122 cm³/mol. The van der Waals surface area contributed by atoms with Crippen LogP contribution < -0.4 is 21.3 Å². The van der Waals surface area contributed by atoms with Gasteiger partial charge in [0.25, 0.3) is 5.56 Å². The van der Waals surface area contributed by atoms with Gasteiger partial charge in [-0.15, -0.1) is 11.3 Å². The van der Waals surface area contributed by atoms with Gasteiger partial charge in [0.15, 0.2) is 0 Å². The van der Waals surface area contributed by atoms with Crippen LogP contribution in [0.1, 0.15) is 16.3 Å². The third-order valence-electron chi connectivity index (χ3n) is 4.90. The highest BCUT2D eigenvalue weighted by Gasteiger charge is 2.13. The summed E-state index contributed by atoms with van der Waals surface area (Å²) in [6.45, 7) is 2.34. The normalized spacial score (nSPS) is 11.0. The number of fused-ring (bicyclic) bond motifs is 1. The molecule has 1 aromatic carbocycles. The Labute approximate surface area is 187 Å². The number of hydrogen-bond donors (Lipinski definition) is 1. The summed E-state index contributed by atoms with van der Waals surface area (Å²) in [6.07, 6.45) is 1.49. The number of aromatic nitrogens is 4. The van der Waals surface area contributed by atoms with Crippen molar-refractivity contribution < 1.29 is 9.53 Å². The molecule has 10 heteroatoms. The second-order valence-corrected chi connectivity index (χ2v) is 8.30. The number of carbonyl (C=O) groups excluding carboxylic acids is 1. The maximum atomic E-state index is 12.5. The van der Waals surface area contributed by atoms with Gasteiger partial charge in [-0.3, -0.25) is 18.7 Å². The summed E-state index contributed by atoms with van der Waals surface area (Å²) in [6, 6.07) is 9.28. The van der Waals surface area contributed by atoms with Crippen LogP contribution >= 0.6 is 11.3 Å². The molecule has 0 atom stereocenters. The molecule has 1 N–H and O–H groups in total. The van der Waals surface area contributed by atoms with E-state index in [0.717, 1.165) is 20.9 Å². The highest BCUT2D eigenvalue weighted by Crippen LogP contribution is 2.17. The number of benzene rings is 1. The minimum absolute atomic E-state index is 0.0738. The van der Waals surface area contributed by atoms with E-state index in [0.29, 0.717) is 18.0 Å². The SMILES string of the molecule is Cc1ccc(OCc2nc(CC(=O)Nc3cnc4c(c3)c(=O)n(C)c(=O)n4C)cs2)cc1. The molecule has 0 spiro atoms. The van der Waals surface area contributed by atoms with Crippen molar-refractivity contribution in [3.8, 4) is 5.75 Å². The van der Waals surface area contributed by atoms with Crippen molar-refractivity contribution in [2.24, 2.45) is 14.1 Å². The fourth-order valence-corrected chi connectivity index (χ4v) is 3.88. The van der Waals surface area contributed by atoms with Crippen LogP contribution in [0.5, 0.6) is 5.75 Å². The summed E-state index contributed by atoms with van der Waals surface area (Å²) in [7, 11) is 2.94. The number of aryl methyl sites for hydroxylation is 2. The molecule has 0 radical (unpaired) electrons. The smallest absolute Gasteiger partial charge is 0.332 e. The van der Waals surface area contributed by atoms with Crippen LogP contribution in [-0.2, 0) is 31.9 Å². The number of rotatable bonds is 6. The predicted octanol–water partition coefficient (Wildman–Crippen LogP) is 2.16. The third kappa shape index (κ3) is 4.45. The highest BCUT2D eigenvalue weighted by molar-refractivity contribution is 7.09. The lowest BCUT2D eigenvalue weighted by Gasteiger charge is -2.09. The van der Waals surface area contributed by atoms with Gasteiger partial charge in [0, 0.05) is 19.5 Å². The zero-order valence-electron chi connectivity index (χ0n) is 17.8. The average molecular weight is 452 g/mol. The van der Waals surface area contributed by atoms with Crippen molar-refractivity contribution in [3.05, 3.63) is 79.0 Å². The first kappa shape index (κ1) is 21.4. The first-order valence-electron chi connectivity index (χ1n) is 9.80. The van der Waals surface area contributed by atoms with Crippen LogP contribution in [0.15, 0.2) is 51.5 Å². The monoisotopic (exact) mass is 451 g/mol. The Bertz CT molecular complexity index is 1420. The van der Waals surface area contributed by atoms with Crippen molar-refractivity contribution in [3.63, 3.8) is 0 Å². The molecule has 0 aliphatic carbocycles. The van der Waals surface area contributed by atoms with Crippen LogP contribution in [0, 0.1) is 6.92 Å². The Hall–Kier alpha value is -3.79. The molecular weight excluding hydrogens is 430 g/mol. The number of pyridine rings is 1. The fourth-order valence-electron chi connectivity index (χ4n) is 3.18. The largest absolute Gasteiger partial charge is 0.486 e. The molecule has 3 heterocycles. The van der Waals surface area contributed by atoms with E-state index in [2.05, 4.69) is 15.3 Å². The van der Waals surface area contributed by atoms with Gasteiger partial charge in [0.1, 0.15) is 23.0 Å². The van der Waals surface area contributed by atoms with E-state index < -0.39 is 11.2 Å². The quantitative estimate of drug-likeness (QED) is 0.481. The second-order valence-electron chi connectivity index (χ2n) is 7.36. The van der Waals surface area contributed by atoms with Crippen molar-refractivity contribution in [2.45, 2.75) is 20.0 Å². The van der Waals surface area contributed by atoms with Crippen molar-refractivity contribution in [2.75, 3.05) is 5.32 Å². The summed E-state index contributed by atoms with van der Waals surface area (Å²) >= 11 is 1.42. The van der Waals surface area contributed by atoms with Gasteiger partial charge < -0.3 is 10.1 Å². The van der Waals surface area contributed by atoms with Crippen LogP contribution in [0.4, 0.5) is 5.69 Å². The Morgan fingerprint density at radius 2 is 1.91 bits per heavy atom. The third-order valence-corrected chi connectivity index (χ3v) is 5.77. The van der Waals surface area contributed by atoms with Crippen LogP contribution in [-0.4, -0.2) is 25.0 Å². The van der Waals surface area contributed by atoms with Crippen molar-refractivity contribution >= 4 is 34.0 Å². The summed E-state index contributed by atoms with van der Waals surface area (Å²) in [4.78, 5) is 45.5. The van der Waals surface area contributed by atoms with Gasteiger partial charge in [-0.25, -0.2) is 14.8 Å². The molecule has 0 unspecified atom stereocenters. The number of nitrogens with one attached hydrogen (secondary N) is 1. The maximum Gasteiger partial charge on any atom is 0.332 e. The van der Waals surface area contributed by atoms with Crippen LogP contribution in [0.3, 0.4) is 0 Å². The number of carbonyl (C=O) groups is 1. The summed E-state index contributed by atoms with van der Waals surface area (Å²) in [5, 5.41) is 5.56. The van der Waals surface area contributed by atoms with Gasteiger partial charge in [0.05, 0.1) is 29.4 Å². The second kappa shape index (κ2) is 8.75. The molecule has 3 aromatic heterocycles. The molecule has 164 valence electrons. The van der Waals surface area contributed by atoms with Gasteiger partial charge in [0.2, 0.25) is 5.91 Å². The minimum Gasteiger partial charge on any atom is -0.486 e. The summed E-state index contributed by atoms with van der Waals surface area (Å²) in [5.74, 6) is 0.474. The highest BCUT2D eigenvalue weighted by atomic mass is 32.1. The first-order chi connectivity index (χ1) is 15.3. The lowest BCUT2D eigenvalue weighted by Crippen LogP contribution is -2.37. The molecule has 0 saturated heterocycles. The summed E-state index contributed by atoms with van der Waals surface area (Å²) in [5.41, 5.74) is 1.49. The molecule has 0 aliphatic heterocycles. The molecule has 1 amide bonds. The number of amides is 1. The Balaban J connectivity index is 1.42. The molecule has 4 aromatic rings. The minimum atomic E-state index is -0.468. The Kier molecular flexibility index (Phi) is 5.87. The Morgan fingerprint density at radius 1 is 1.16 bits per heavy atom. The topological polar surface area (TPSA) is 108 Å². The van der Waals surface area contributed by atoms with E-state index in [1.807, 2.05) is 36.6 Å². The van der Waals surface area contributed by atoms with Gasteiger partial charge in [-0.1, -0.05) is 17.7 Å². The van der Waals surface area contributed by atoms with Crippen molar-refractivity contribution in [1.29, 1.82) is 0 Å². The van der Waals surface area contributed by atoms with Gasteiger partial charge in [-0.05, 0) is 25.1 Å². The molecular formula is C22H21N5O4S. The molecule has 0 fully saturated rings. The maximum absolute atomic E-state index is 12.5. The first-order valence-corrected chi connectivity index (χ1v) is 10.7. The molecule has 0 bridgehead atoms. The lowest BCUT2D eigenvalue weighted by atomic mass is 10.2. The van der Waals surface area contributed by atoms with E-state index in [9.17, 15) is 14.4 Å². The Morgan fingerprint density at radius 3 is 2.66 bits per heavy atom. The zero-order valence-corrected chi connectivity index (χ0v) is 18.6. The van der Waals surface area contributed by atoms with E-state index in [1.54, 1.807) is 0 Å². The average Bonchev–Trinajstić information content (AvgIpc) is 3.22. The zero-order chi connectivity index (χ0) is 22.8. The number of anilines is 1. The number of hydrogen-bond acceptors (Lipinski definition) is 7. The van der Waals surface area contributed by atoms with Gasteiger partial charge >= 0.3 is 5.69 Å². The molecule has 4 rings (SSSR count). The molecule has 9 nitrogen and oxygen atoms in total. The van der Waals surface area contributed by atoms with Crippen molar-refractivity contribution in [1.82, 2.24) is 19.1 Å². The number of nitrogens with zero attached hydrogens (tertiary/aromatic N) is 4. The van der Waals surface area contributed by atoms with Crippen LogP contribution in [0.25, 0.3) is 11.0 Å². The van der Waals surface area contributed by atoms with Gasteiger partial charge in [-0.2, -0.15) is 0 Å². The molecule has 32 heavy (non-hydrogen) atoms. The lowest BCUT2D eigenvalue weighted by molar-refractivity contribution is -0.115. The fraction of sp³-hybridized carbons (Fsp3) is 0.227. The number of thiazole rings is 1. The van der Waals surface area contributed by atoms with E-state index >= 15 is 0 Å². The van der Waals surface area contributed by atoms with E-state index in [1.165, 1.54) is 42.3 Å². The van der Waals surface area contributed by atoms with E-state index in [-0.39, 0.29) is 23.4 Å². The molecule has 0 aliphatic rings. The molecule has 0 saturated carbocycles. The summed E-state index contributed by atoms with van der Waals surface area (Å²) < 4.78 is 8.02. The number of ether oxygens (including phenoxy) is 1. The van der Waals surface area contributed by atoms with Crippen LogP contribution in [0.2, 0.25) is 0 Å².